The largest absolute Gasteiger partial charge is 0.481 e. The van der Waals surface area contributed by atoms with E-state index in [0.717, 1.165) is 22.6 Å². The van der Waals surface area contributed by atoms with Crippen LogP contribution >= 0.6 is 0 Å². The topological polar surface area (TPSA) is 64.3 Å². The van der Waals surface area contributed by atoms with Gasteiger partial charge in [-0.3, -0.25) is 0 Å². The number of rotatable bonds is 4. The van der Waals surface area contributed by atoms with Gasteiger partial charge in [-0.15, -0.1) is 0 Å². The molecule has 5 nitrogen and oxygen atoms in total. The van der Waals surface area contributed by atoms with Crippen molar-refractivity contribution >= 4 is 11.5 Å². The first-order valence-corrected chi connectivity index (χ1v) is 6.48. The summed E-state index contributed by atoms with van der Waals surface area (Å²) in [6, 6.07) is 8.04. The molecule has 0 saturated carbocycles. The molecule has 1 aromatic heterocycles. The number of hydrogen-bond donors (Lipinski definition) is 1. The Balaban J connectivity index is 2.33. The number of methoxy groups -OCH3 is 1. The maximum atomic E-state index is 5.85. The van der Waals surface area contributed by atoms with E-state index < -0.39 is 0 Å². The Kier molecular flexibility index (Phi) is 4.08. The van der Waals surface area contributed by atoms with Crippen LogP contribution in [0.2, 0.25) is 0 Å². The molecule has 0 spiro atoms. The lowest BCUT2D eigenvalue weighted by Gasteiger charge is -2.28. The van der Waals surface area contributed by atoms with Crippen LogP contribution in [0.5, 0.6) is 5.88 Å². The van der Waals surface area contributed by atoms with E-state index in [9.17, 15) is 0 Å². The fourth-order valence-corrected chi connectivity index (χ4v) is 2.21. The smallest absolute Gasteiger partial charge is 0.221 e. The second kappa shape index (κ2) is 5.77. The normalized spacial score (nSPS) is 12.0. The van der Waals surface area contributed by atoms with Gasteiger partial charge >= 0.3 is 0 Å². The molecule has 0 aliphatic carbocycles. The van der Waals surface area contributed by atoms with Gasteiger partial charge in [0.05, 0.1) is 18.7 Å². The fourth-order valence-electron chi connectivity index (χ4n) is 2.21. The minimum absolute atomic E-state index is 0.150. The average Bonchev–Trinajstić information content (AvgIpc) is 2.46. The van der Waals surface area contributed by atoms with Crippen molar-refractivity contribution in [2.24, 2.45) is 0 Å². The van der Waals surface area contributed by atoms with Gasteiger partial charge in [-0.2, -0.15) is 0 Å². The Labute approximate surface area is 119 Å². The van der Waals surface area contributed by atoms with Gasteiger partial charge < -0.3 is 15.4 Å². The molecule has 20 heavy (non-hydrogen) atoms. The number of benzene rings is 1. The first kappa shape index (κ1) is 14.1. The second-order valence-corrected chi connectivity index (χ2v) is 4.79. The van der Waals surface area contributed by atoms with Crippen LogP contribution in [0, 0.1) is 6.92 Å². The summed E-state index contributed by atoms with van der Waals surface area (Å²) in [5, 5.41) is 0. The minimum Gasteiger partial charge on any atom is -0.481 e. The van der Waals surface area contributed by atoms with E-state index in [1.54, 1.807) is 7.11 Å². The maximum Gasteiger partial charge on any atom is 0.221 e. The quantitative estimate of drug-likeness (QED) is 0.867. The van der Waals surface area contributed by atoms with Crippen LogP contribution < -0.4 is 15.4 Å². The van der Waals surface area contributed by atoms with E-state index in [1.165, 1.54) is 6.33 Å². The third-order valence-electron chi connectivity index (χ3n) is 3.51. The third-order valence-corrected chi connectivity index (χ3v) is 3.51. The average molecular weight is 272 g/mol. The Morgan fingerprint density at radius 3 is 2.70 bits per heavy atom. The van der Waals surface area contributed by atoms with E-state index in [2.05, 4.69) is 27.9 Å². The van der Waals surface area contributed by atoms with Gasteiger partial charge in [0.25, 0.3) is 0 Å². The van der Waals surface area contributed by atoms with Crippen molar-refractivity contribution in [1.82, 2.24) is 9.97 Å². The van der Waals surface area contributed by atoms with Gasteiger partial charge in [0.15, 0.2) is 0 Å². The molecular weight excluding hydrogens is 252 g/mol. The zero-order valence-electron chi connectivity index (χ0n) is 12.3. The number of nitrogens with two attached hydrogens (primary N) is 1. The molecule has 0 fully saturated rings. The molecule has 1 unspecified atom stereocenters. The van der Waals surface area contributed by atoms with Crippen molar-refractivity contribution in [2.75, 3.05) is 24.8 Å². The van der Waals surface area contributed by atoms with Gasteiger partial charge in [-0.05, 0) is 31.5 Å². The first-order valence-electron chi connectivity index (χ1n) is 6.48. The Bertz CT molecular complexity index is 600. The molecule has 1 heterocycles. The third kappa shape index (κ3) is 2.66. The Morgan fingerprint density at radius 1 is 1.30 bits per heavy atom. The highest BCUT2D eigenvalue weighted by atomic mass is 16.5. The molecule has 106 valence electrons. The standard InChI is InChI=1S/C15H20N4O/c1-10-14(17-9-18-15(10)20-4)19(3)11(2)12-6-5-7-13(16)8-12/h5-9,11H,16H2,1-4H3. The summed E-state index contributed by atoms with van der Waals surface area (Å²) in [6.07, 6.45) is 1.52. The molecule has 0 aliphatic heterocycles. The Morgan fingerprint density at radius 2 is 2.05 bits per heavy atom. The van der Waals surface area contributed by atoms with E-state index >= 15 is 0 Å². The van der Waals surface area contributed by atoms with Gasteiger partial charge in [-0.1, -0.05) is 12.1 Å². The predicted octanol–water partition coefficient (Wildman–Crippen LogP) is 2.57. The zero-order valence-corrected chi connectivity index (χ0v) is 12.3. The summed E-state index contributed by atoms with van der Waals surface area (Å²) in [7, 11) is 3.61. The van der Waals surface area contributed by atoms with Gasteiger partial charge in [0.2, 0.25) is 5.88 Å². The zero-order chi connectivity index (χ0) is 14.7. The first-order chi connectivity index (χ1) is 9.54. The van der Waals surface area contributed by atoms with Crippen molar-refractivity contribution in [3.05, 3.63) is 41.7 Å². The molecule has 0 bridgehead atoms. The predicted molar refractivity (Wildman–Crippen MR) is 81.0 cm³/mol. The lowest BCUT2D eigenvalue weighted by Crippen LogP contribution is -2.24. The van der Waals surface area contributed by atoms with Gasteiger partial charge in [-0.25, -0.2) is 9.97 Å². The number of nitrogens with zero attached hydrogens (tertiary/aromatic N) is 3. The van der Waals surface area contributed by atoms with Gasteiger partial charge in [0, 0.05) is 12.7 Å². The SMILES string of the molecule is COc1ncnc(N(C)C(C)c2cccc(N)c2)c1C. The molecule has 1 atom stereocenters. The molecule has 0 radical (unpaired) electrons. The molecular formula is C15H20N4O. The molecule has 2 N–H and O–H groups in total. The van der Waals surface area contributed by atoms with Crippen LogP contribution in [0.3, 0.4) is 0 Å². The van der Waals surface area contributed by atoms with Crippen molar-refractivity contribution in [3.63, 3.8) is 0 Å². The van der Waals surface area contributed by atoms with E-state index in [-0.39, 0.29) is 6.04 Å². The molecule has 0 saturated heterocycles. The molecule has 0 aliphatic rings. The van der Waals surface area contributed by atoms with Crippen molar-refractivity contribution < 1.29 is 4.74 Å². The summed E-state index contributed by atoms with van der Waals surface area (Å²) in [6.45, 7) is 4.07. The fraction of sp³-hybridized carbons (Fsp3) is 0.333. The summed E-state index contributed by atoms with van der Waals surface area (Å²) in [4.78, 5) is 10.6. The Hall–Kier alpha value is -2.30. The number of aromatic nitrogens is 2. The van der Waals surface area contributed by atoms with E-state index in [0.29, 0.717) is 5.88 Å². The number of anilines is 2. The van der Waals surface area contributed by atoms with Crippen LogP contribution in [0.4, 0.5) is 11.5 Å². The number of hydrogen-bond acceptors (Lipinski definition) is 5. The monoisotopic (exact) mass is 272 g/mol. The number of nitrogen functional groups attached to an aromatic ring is 1. The highest BCUT2D eigenvalue weighted by molar-refractivity contribution is 5.52. The van der Waals surface area contributed by atoms with Gasteiger partial charge in [0.1, 0.15) is 12.1 Å². The molecule has 0 amide bonds. The van der Waals surface area contributed by atoms with Crippen LogP contribution in [-0.2, 0) is 0 Å². The second-order valence-electron chi connectivity index (χ2n) is 4.79. The molecule has 2 rings (SSSR count). The van der Waals surface area contributed by atoms with Crippen molar-refractivity contribution in [3.8, 4) is 5.88 Å². The highest BCUT2D eigenvalue weighted by Crippen LogP contribution is 2.29. The van der Waals surface area contributed by atoms with Crippen LogP contribution in [0.1, 0.15) is 24.1 Å². The summed E-state index contributed by atoms with van der Waals surface area (Å²) >= 11 is 0. The summed E-state index contributed by atoms with van der Waals surface area (Å²) < 4.78 is 5.24. The van der Waals surface area contributed by atoms with E-state index in [4.69, 9.17) is 10.5 Å². The lowest BCUT2D eigenvalue weighted by atomic mass is 10.1. The minimum atomic E-state index is 0.150. The van der Waals surface area contributed by atoms with Crippen LogP contribution in [0.25, 0.3) is 0 Å². The summed E-state index contributed by atoms with van der Waals surface area (Å²) in [5.41, 5.74) is 8.68. The van der Waals surface area contributed by atoms with E-state index in [1.807, 2.05) is 32.2 Å². The molecule has 1 aromatic carbocycles. The number of ether oxygens (including phenoxy) is 1. The maximum absolute atomic E-state index is 5.85. The summed E-state index contributed by atoms with van der Waals surface area (Å²) in [5.74, 6) is 1.45. The lowest BCUT2D eigenvalue weighted by molar-refractivity contribution is 0.393. The van der Waals surface area contributed by atoms with Crippen molar-refractivity contribution in [1.29, 1.82) is 0 Å². The molecule has 5 heteroatoms. The van der Waals surface area contributed by atoms with Crippen LogP contribution in [-0.4, -0.2) is 24.1 Å². The van der Waals surface area contributed by atoms with Crippen LogP contribution in [0.15, 0.2) is 30.6 Å². The highest BCUT2D eigenvalue weighted by Gasteiger charge is 2.17. The van der Waals surface area contributed by atoms with Crippen molar-refractivity contribution in [2.45, 2.75) is 19.9 Å². The molecule has 2 aromatic rings.